The van der Waals surface area contributed by atoms with Crippen LogP contribution in [0.4, 0.5) is 11.4 Å². The normalized spacial score (nSPS) is 10.8. The lowest BCUT2D eigenvalue weighted by molar-refractivity contribution is -0.384. The quantitative estimate of drug-likeness (QED) is 0.141. The fraction of sp³-hybridized carbons (Fsp3) is 0.120. The predicted octanol–water partition coefficient (Wildman–Crippen LogP) is 6.15. The van der Waals surface area contributed by atoms with Crippen molar-refractivity contribution in [1.29, 1.82) is 5.26 Å². The number of amides is 1. The highest BCUT2D eigenvalue weighted by Crippen LogP contribution is 2.38. The molecule has 0 heterocycles. The molecule has 11 heteroatoms. The van der Waals surface area contributed by atoms with E-state index >= 15 is 0 Å². The van der Waals surface area contributed by atoms with Crippen LogP contribution in [0, 0.1) is 21.4 Å². The van der Waals surface area contributed by atoms with Gasteiger partial charge in [-0.15, -0.1) is 0 Å². The zero-order valence-electron chi connectivity index (χ0n) is 19.1. The number of halogens is 2. The summed E-state index contributed by atoms with van der Waals surface area (Å²) in [5.74, 6) is 0.240. The first-order chi connectivity index (χ1) is 17.2. The van der Waals surface area contributed by atoms with Crippen LogP contribution < -0.4 is 19.5 Å². The molecule has 0 fully saturated rings. The Labute approximate surface area is 220 Å². The van der Waals surface area contributed by atoms with Gasteiger partial charge in [0.25, 0.3) is 11.6 Å². The maximum atomic E-state index is 12.7. The molecule has 0 saturated carbocycles. The monoisotopic (exact) mass is 571 g/mol. The number of ether oxygens (including phenoxy) is 3. The zero-order chi connectivity index (χ0) is 26.2. The average Bonchev–Trinajstić information content (AvgIpc) is 2.87. The second-order valence-electron chi connectivity index (χ2n) is 7.21. The number of nitro benzene ring substituents is 1. The third kappa shape index (κ3) is 6.53. The molecule has 0 aromatic heterocycles. The van der Waals surface area contributed by atoms with Gasteiger partial charge in [0.2, 0.25) is 0 Å². The van der Waals surface area contributed by atoms with Crippen LogP contribution in [0.2, 0.25) is 5.02 Å². The van der Waals surface area contributed by atoms with Crippen LogP contribution in [0.5, 0.6) is 17.2 Å². The van der Waals surface area contributed by atoms with Crippen LogP contribution in [0.15, 0.2) is 64.6 Å². The molecule has 3 rings (SSSR count). The van der Waals surface area contributed by atoms with Gasteiger partial charge in [-0.05, 0) is 69.5 Å². The fourth-order valence-corrected chi connectivity index (χ4v) is 3.80. The van der Waals surface area contributed by atoms with Crippen molar-refractivity contribution < 1.29 is 23.9 Å². The van der Waals surface area contributed by atoms with Crippen molar-refractivity contribution in [3.05, 3.63) is 90.9 Å². The van der Waals surface area contributed by atoms with Crippen molar-refractivity contribution in [2.24, 2.45) is 0 Å². The van der Waals surface area contributed by atoms with Crippen molar-refractivity contribution in [2.75, 3.05) is 19.5 Å². The summed E-state index contributed by atoms with van der Waals surface area (Å²) in [4.78, 5) is 23.5. The highest BCUT2D eigenvalue weighted by molar-refractivity contribution is 9.10. The Bertz CT molecular complexity index is 1370. The second kappa shape index (κ2) is 12.1. The highest BCUT2D eigenvalue weighted by atomic mass is 79.9. The van der Waals surface area contributed by atoms with E-state index in [2.05, 4.69) is 21.2 Å². The minimum atomic E-state index is -0.816. The lowest BCUT2D eigenvalue weighted by Gasteiger charge is -2.14. The van der Waals surface area contributed by atoms with Crippen molar-refractivity contribution in [3.8, 4) is 23.3 Å². The minimum Gasteiger partial charge on any atom is -0.496 e. The Balaban J connectivity index is 1.84. The van der Waals surface area contributed by atoms with E-state index in [1.165, 1.54) is 38.5 Å². The van der Waals surface area contributed by atoms with Crippen molar-refractivity contribution >= 4 is 50.9 Å². The smallest absolute Gasteiger partial charge is 0.296 e. The Morgan fingerprint density at radius 2 is 1.89 bits per heavy atom. The molecule has 0 saturated heterocycles. The number of carbonyl (C=O) groups excluding carboxylic acids is 1. The molecule has 0 atom stereocenters. The first-order valence-electron chi connectivity index (χ1n) is 10.3. The van der Waals surface area contributed by atoms with Gasteiger partial charge in [0, 0.05) is 5.02 Å². The van der Waals surface area contributed by atoms with Crippen LogP contribution >= 0.6 is 27.5 Å². The number of nitrogens with zero attached hydrogens (tertiary/aromatic N) is 2. The predicted molar refractivity (Wildman–Crippen MR) is 138 cm³/mol. The molecule has 1 amide bonds. The van der Waals surface area contributed by atoms with Gasteiger partial charge >= 0.3 is 0 Å². The number of hydrogen-bond donors (Lipinski definition) is 1. The van der Waals surface area contributed by atoms with E-state index in [9.17, 15) is 20.2 Å². The summed E-state index contributed by atoms with van der Waals surface area (Å²) in [5, 5.41) is 24.0. The van der Waals surface area contributed by atoms with Gasteiger partial charge in [-0.2, -0.15) is 5.26 Å². The number of hydrogen-bond acceptors (Lipinski definition) is 7. The number of nitro groups is 1. The minimum absolute atomic E-state index is 0.0725. The standard InChI is InChI=1S/C25H19BrClN3O6/c1-34-19-7-8-21(22(12-19)30(32)33)29-25(31)17(13-28)9-16-10-20(26)24(23(11-16)35-2)36-14-15-3-5-18(27)6-4-15/h3-12H,14H2,1-2H3,(H,29,31)/b17-9+. The maximum Gasteiger partial charge on any atom is 0.296 e. The topological polar surface area (TPSA) is 124 Å². The Kier molecular flexibility index (Phi) is 8.89. The molecule has 9 nitrogen and oxygen atoms in total. The van der Waals surface area contributed by atoms with Gasteiger partial charge in [-0.3, -0.25) is 14.9 Å². The van der Waals surface area contributed by atoms with Crippen molar-refractivity contribution in [1.82, 2.24) is 0 Å². The van der Waals surface area contributed by atoms with Gasteiger partial charge in [-0.25, -0.2) is 0 Å². The average molecular weight is 573 g/mol. The van der Waals surface area contributed by atoms with E-state index in [0.29, 0.717) is 26.6 Å². The number of rotatable bonds is 9. The van der Waals surface area contributed by atoms with Gasteiger partial charge < -0.3 is 19.5 Å². The molecule has 3 aromatic rings. The summed E-state index contributed by atoms with van der Waals surface area (Å²) in [7, 11) is 2.83. The number of anilines is 1. The Morgan fingerprint density at radius 1 is 1.17 bits per heavy atom. The molecular weight excluding hydrogens is 554 g/mol. The molecule has 184 valence electrons. The van der Waals surface area contributed by atoms with E-state index < -0.39 is 10.8 Å². The number of methoxy groups -OCH3 is 2. The third-order valence-electron chi connectivity index (χ3n) is 4.87. The molecule has 0 spiro atoms. The number of benzene rings is 3. The van der Waals surface area contributed by atoms with Crippen molar-refractivity contribution in [2.45, 2.75) is 6.61 Å². The van der Waals surface area contributed by atoms with E-state index in [1.807, 2.05) is 18.2 Å². The molecule has 36 heavy (non-hydrogen) atoms. The van der Waals surface area contributed by atoms with E-state index in [4.69, 9.17) is 25.8 Å². The van der Waals surface area contributed by atoms with Gasteiger partial charge in [-0.1, -0.05) is 23.7 Å². The molecule has 1 N–H and O–H groups in total. The van der Waals surface area contributed by atoms with Gasteiger partial charge in [0.05, 0.1) is 29.7 Å². The molecule has 0 aliphatic rings. The summed E-state index contributed by atoms with van der Waals surface area (Å²) >= 11 is 9.35. The van der Waals surface area contributed by atoms with Crippen LogP contribution in [-0.4, -0.2) is 25.1 Å². The van der Waals surface area contributed by atoms with E-state index in [1.54, 1.807) is 24.3 Å². The summed E-state index contributed by atoms with van der Waals surface area (Å²) in [6.07, 6.45) is 1.33. The molecule has 0 aliphatic carbocycles. The van der Waals surface area contributed by atoms with Gasteiger partial charge in [0.15, 0.2) is 11.5 Å². The second-order valence-corrected chi connectivity index (χ2v) is 8.50. The van der Waals surface area contributed by atoms with Crippen LogP contribution in [0.25, 0.3) is 6.08 Å². The van der Waals surface area contributed by atoms with Crippen molar-refractivity contribution in [3.63, 3.8) is 0 Å². The lowest BCUT2D eigenvalue weighted by Crippen LogP contribution is -2.14. The van der Waals surface area contributed by atoms with Crippen LogP contribution in [0.3, 0.4) is 0 Å². The summed E-state index contributed by atoms with van der Waals surface area (Å²) in [6.45, 7) is 0.258. The van der Waals surface area contributed by atoms with E-state index in [-0.39, 0.29) is 29.3 Å². The lowest BCUT2D eigenvalue weighted by atomic mass is 10.1. The van der Waals surface area contributed by atoms with Crippen LogP contribution in [-0.2, 0) is 11.4 Å². The molecule has 0 radical (unpaired) electrons. The molecule has 0 aliphatic heterocycles. The molecular formula is C25H19BrClN3O6. The third-order valence-corrected chi connectivity index (χ3v) is 5.72. The van der Waals surface area contributed by atoms with Crippen LogP contribution in [0.1, 0.15) is 11.1 Å². The first-order valence-corrected chi connectivity index (χ1v) is 11.4. The summed E-state index contributed by atoms with van der Waals surface area (Å²) in [5.41, 5.74) is 0.647. The highest BCUT2D eigenvalue weighted by Gasteiger charge is 2.20. The largest absolute Gasteiger partial charge is 0.496 e. The number of nitrogens with one attached hydrogen (secondary N) is 1. The summed E-state index contributed by atoms with van der Waals surface area (Å²) in [6, 6.07) is 16.2. The molecule has 0 unspecified atom stereocenters. The maximum absolute atomic E-state index is 12.7. The zero-order valence-corrected chi connectivity index (χ0v) is 21.4. The fourth-order valence-electron chi connectivity index (χ4n) is 3.10. The number of carbonyl (C=O) groups is 1. The Morgan fingerprint density at radius 3 is 2.50 bits per heavy atom. The van der Waals surface area contributed by atoms with Gasteiger partial charge in [0.1, 0.15) is 29.7 Å². The number of nitriles is 1. The van der Waals surface area contributed by atoms with E-state index in [0.717, 1.165) is 5.56 Å². The SMILES string of the molecule is COc1ccc(NC(=O)/C(C#N)=C/c2cc(Br)c(OCc3ccc(Cl)cc3)c(OC)c2)c([N+](=O)[O-])c1. The Hall–Kier alpha value is -4.07. The molecule has 0 bridgehead atoms. The summed E-state index contributed by atoms with van der Waals surface area (Å²) < 4.78 is 16.9. The first kappa shape index (κ1) is 26.5. The molecule has 3 aromatic carbocycles.